The van der Waals surface area contributed by atoms with Gasteiger partial charge < -0.3 is 9.55 Å². The minimum atomic E-state index is 0.137. The summed E-state index contributed by atoms with van der Waals surface area (Å²) >= 11 is 6.35. The molecule has 2 bridgehead atoms. The molecule has 1 N–H and O–H groups in total. The van der Waals surface area contributed by atoms with Crippen LogP contribution in [0.3, 0.4) is 0 Å². The third kappa shape index (κ3) is 3.40. The Balaban J connectivity index is 1.49. The Morgan fingerprint density at radius 2 is 2.20 bits per heavy atom. The fourth-order valence-corrected chi connectivity index (χ4v) is 4.56. The minimum Gasteiger partial charge on any atom is -0.344 e. The van der Waals surface area contributed by atoms with E-state index in [0.717, 1.165) is 57.0 Å². The van der Waals surface area contributed by atoms with Gasteiger partial charge in [-0.25, -0.2) is 4.98 Å². The first-order valence-electron chi connectivity index (χ1n) is 9.29. The molecule has 0 unspecified atom stereocenters. The molecule has 4 heterocycles. The number of hydrogen-bond acceptors (Lipinski definition) is 3. The lowest BCUT2D eigenvalue weighted by Gasteiger charge is -2.42. The molecule has 0 saturated carbocycles. The lowest BCUT2D eigenvalue weighted by Crippen LogP contribution is -2.46. The summed E-state index contributed by atoms with van der Waals surface area (Å²) in [5.41, 5.74) is 2.35. The van der Waals surface area contributed by atoms with Gasteiger partial charge in [-0.2, -0.15) is 0 Å². The first-order valence-corrected chi connectivity index (χ1v) is 9.67. The average molecular weight is 361 g/mol. The first-order chi connectivity index (χ1) is 12.1. The molecule has 1 fully saturated rings. The van der Waals surface area contributed by atoms with Crippen LogP contribution in [-0.4, -0.2) is 32.5 Å². The van der Waals surface area contributed by atoms with Gasteiger partial charge in [0.2, 0.25) is 0 Å². The molecule has 0 amide bonds. The van der Waals surface area contributed by atoms with Crippen LogP contribution in [0.15, 0.2) is 23.0 Å². The number of rotatable bonds is 5. The van der Waals surface area contributed by atoms with E-state index in [0.29, 0.717) is 17.0 Å². The molecule has 4 rings (SSSR count). The number of nitrogens with one attached hydrogen (secondary N) is 1. The summed E-state index contributed by atoms with van der Waals surface area (Å²) in [6, 6.07) is 5.67. The second-order valence-corrected chi connectivity index (χ2v) is 7.81. The molecule has 0 radical (unpaired) electrons. The Hall–Kier alpha value is -1.59. The van der Waals surface area contributed by atoms with E-state index >= 15 is 0 Å². The summed E-state index contributed by atoms with van der Waals surface area (Å²) < 4.78 is 1.97. The van der Waals surface area contributed by atoms with Crippen LogP contribution in [0.5, 0.6) is 0 Å². The van der Waals surface area contributed by atoms with Gasteiger partial charge in [0.15, 0.2) is 5.15 Å². The molecule has 0 aliphatic carbocycles. The van der Waals surface area contributed by atoms with Crippen molar-refractivity contribution in [3.8, 4) is 0 Å². The number of aryl methyl sites for hydroxylation is 1. The molecule has 2 aliphatic heterocycles. The highest BCUT2D eigenvalue weighted by Gasteiger charge is 2.34. The maximum Gasteiger partial charge on any atom is 0.250 e. The zero-order chi connectivity index (χ0) is 17.4. The predicted molar refractivity (Wildman–Crippen MR) is 99.0 cm³/mol. The quantitative estimate of drug-likeness (QED) is 0.890. The van der Waals surface area contributed by atoms with Crippen molar-refractivity contribution in [2.24, 2.45) is 5.92 Å². The summed E-state index contributed by atoms with van der Waals surface area (Å²) in [7, 11) is 0. The molecule has 25 heavy (non-hydrogen) atoms. The van der Waals surface area contributed by atoms with Crippen molar-refractivity contribution in [1.82, 2.24) is 19.4 Å². The van der Waals surface area contributed by atoms with E-state index in [1.807, 2.05) is 10.6 Å². The highest BCUT2D eigenvalue weighted by Crippen LogP contribution is 2.35. The van der Waals surface area contributed by atoms with Crippen molar-refractivity contribution in [2.45, 2.75) is 51.6 Å². The van der Waals surface area contributed by atoms with E-state index in [1.54, 1.807) is 6.07 Å². The monoisotopic (exact) mass is 360 g/mol. The number of H-pyrrole nitrogens is 1. The number of imidazole rings is 1. The Kier molecular flexibility index (Phi) is 4.69. The maximum atomic E-state index is 12.1. The topological polar surface area (TPSA) is 53.9 Å². The van der Waals surface area contributed by atoms with Crippen molar-refractivity contribution in [2.75, 3.05) is 13.1 Å². The van der Waals surface area contributed by atoms with Gasteiger partial charge in [0, 0.05) is 50.3 Å². The van der Waals surface area contributed by atoms with Gasteiger partial charge in [-0.05, 0) is 24.8 Å². The van der Waals surface area contributed by atoms with Crippen molar-refractivity contribution in [1.29, 1.82) is 0 Å². The van der Waals surface area contributed by atoms with Crippen molar-refractivity contribution >= 4 is 11.6 Å². The zero-order valence-electron chi connectivity index (χ0n) is 14.7. The number of hydrogen-bond donors (Lipinski definition) is 1. The second kappa shape index (κ2) is 6.96. The molecule has 2 aromatic rings. The summed E-state index contributed by atoms with van der Waals surface area (Å²) in [4.78, 5) is 22.5. The smallest absolute Gasteiger partial charge is 0.250 e. The number of unbranched alkanes of at least 4 members (excludes halogenated alkanes) is 1. The zero-order valence-corrected chi connectivity index (χ0v) is 15.4. The number of pyridine rings is 1. The Morgan fingerprint density at radius 3 is 3.04 bits per heavy atom. The molecule has 1 saturated heterocycles. The number of likely N-dealkylation sites (tertiary alicyclic amines) is 1. The van der Waals surface area contributed by atoms with Gasteiger partial charge in [-0.3, -0.25) is 9.69 Å². The normalized spacial score (nSPS) is 22.8. The van der Waals surface area contributed by atoms with Gasteiger partial charge >= 0.3 is 0 Å². The van der Waals surface area contributed by atoms with Crippen LogP contribution in [0.1, 0.15) is 49.3 Å². The highest BCUT2D eigenvalue weighted by atomic mass is 35.5. The van der Waals surface area contributed by atoms with E-state index in [1.165, 1.54) is 12.1 Å². The number of nitrogens with zero attached hydrogens (tertiary/aromatic N) is 3. The first kappa shape index (κ1) is 16.9. The molecule has 134 valence electrons. The van der Waals surface area contributed by atoms with Crippen LogP contribution in [0, 0.1) is 5.92 Å². The number of halogens is 1. The molecule has 2 atom stereocenters. The Bertz CT molecular complexity index is 812. The largest absolute Gasteiger partial charge is 0.344 e. The van der Waals surface area contributed by atoms with Crippen molar-refractivity contribution < 1.29 is 0 Å². The lowest BCUT2D eigenvalue weighted by molar-refractivity contribution is 0.113. The highest BCUT2D eigenvalue weighted by molar-refractivity contribution is 6.30. The molecule has 6 heteroatoms. The van der Waals surface area contributed by atoms with Crippen LogP contribution >= 0.6 is 11.6 Å². The predicted octanol–water partition coefficient (Wildman–Crippen LogP) is 3.19. The summed E-state index contributed by atoms with van der Waals surface area (Å²) in [5, 5.41) is 0.610. The molecule has 0 aromatic carbocycles. The third-order valence-electron chi connectivity index (χ3n) is 5.48. The third-order valence-corrected chi connectivity index (χ3v) is 5.79. The molecule has 0 spiro atoms. The standard InChI is InChI=1S/C19H25ClN4O/c1-2-3-6-17-21-15(19(20)22-17)12-23-9-13-8-14(11-23)16-5-4-7-18(25)24(16)10-13/h4-5,7,13-14H,2-3,6,8-12H2,1H3,(H,21,22)/t13-,14-/m0/s1. The fourth-order valence-electron chi connectivity index (χ4n) is 4.36. The maximum absolute atomic E-state index is 12.1. The van der Waals surface area contributed by atoms with E-state index in [2.05, 4.69) is 27.9 Å². The Morgan fingerprint density at radius 1 is 1.32 bits per heavy atom. The van der Waals surface area contributed by atoms with Crippen LogP contribution in [0.4, 0.5) is 0 Å². The number of aromatic amines is 1. The summed E-state index contributed by atoms with van der Waals surface area (Å²) in [6.45, 7) is 5.81. The van der Waals surface area contributed by atoms with Crippen LogP contribution in [0.25, 0.3) is 0 Å². The lowest BCUT2D eigenvalue weighted by atomic mass is 9.83. The fraction of sp³-hybridized carbons (Fsp3) is 0.579. The molecular weight excluding hydrogens is 336 g/mol. The van der Waals surface area contributed by atoms with Gasteiger partial charge in [0.1, 0.15) is 5.82 Å². The second-order valence-electron chi connectivity index (χ2n) is 7.45. The van der Waals surface area contributed by atoms with Crippen molar-refractivity contribution in [3.05, 3.63) is 50.9 Å². The van der Waals surface area contributed by atoms with Crippen LogP contribution in [0.2, 0.25) is 5.15 Å². The molecule has 2 aliphatic rings. The Labute approximate surface area is 153 Å². The van der Waals surface area contributed by atoms with E-state index in [9.17, 15) is 4.79 Å². The van der Waals surface area contributed by atoms with E-state index < -0.39 is 0 Å². The van der Waals surface area contributed by atoms with Crippen molar-refractivity contribution in [3.63, 3.8) is 0 Å². The van der Waals surface area contributed by atoms with Gasteiger partial charge in [-0.1, -0.05) is 31.0 Å². The van der Waals surface area contributed by atoms with E-state index in [4.69, 9.17) is 11.6 Å². The summed E-state index contributed by atoms with van der Waals surface area (Å²) in [6.07, 6.45) is 4.42. The molecular formula is C19H25ClN4O. The van der Waals surface area contributed by atoms with Gasteiger partial charge in [0.25, 0.3) is 5.56 Å². The molecule has 5 nitrogen and oxygen atoms in total. The number of fused-ring (bicyclic) bond motifs is 4. The van der Waals surface area contributed by atoms with Gasteiger partial charge in [-0.15, -0.1) is 0 Å². The van der Waals surface area contributed by atoms with Crippen LogP contribution in [-0.2, 0) is 19.5 Å². The molecule has 2 aromatic heterocycles. The minimum absolute atomic E-state index is 0.137. The summed E-state index contributed by atoms with van der Waals surface area (Å²) in [5.74, 6) is 1.96. The van der Waals surface area contributed by atoms with E-state index in [-0.39, 0.29) is 5.56 Å². The van der Waals surface area contributed by atoms with Gasteiger partial charge in [0.05, 0.1) is 5.69 Å². The SMILES string of the molecule is CCCCc1nc(Cl)c(CN2C[C@@H]3C[C@@H](C2)c2cccc(=O)n2C3)[nH]1. The average Bonchev–Trinajstić information content (AvgIpc) is 2.94. The number of piperidine rings is 1. The number of aromatic nitrogens is 3. The van der Waals surface area contributed by atoms with Crippen LogP contribution < -0.4 is 5.56 Å².